The summed E-state index contributed by atoms with van der Waals surface area (Å²) < 4.78 is 5.17. The molecule has 0 aromatic rings. The monoisotopic (exact) mass is 128 g/mol. The summed E-state index contributed by atoms with van der Waals surface area (Å²) in [6.07, 6.45) is 3.45. The Bertz CT molecular complexity index is 101. The van der Waals surface area contributed by atoms with Gasteiger partial charge in [0.2, 0.25) is 0 Å². The van der Waals surface area contributed by atoms with Crippen LogP contribution in [0.5, 0.6) is 0 Å². The molecule has 0 unspecified atom stereocenters. The van der Waals surface area contributed by atoms with Crippen molar-refractivity contribution in [3.63, 3.8) is 0 Å². The van der Waals surface area contributed by atoms with Crippen molar-refractivity contribution >= 4 is 0 Å². The highest BCUT2D eigenvalue weighted by Crippen LogP contribution is 2.22. The normalized spacial score (nSPS) is 33.4. The maximum absolute atomic E-state index is 8.98. The van der Waals surface area contributed by atoms with E-state index >= 15 is 0 Å². The predicted molar refractivity (Wildman–Crippen MR) is 35.2 cm³/mol. The predicted octanol–water partition coefficient (Wildman–Crippen LogP) is 0.712. The SMILES string of the molecule is C=CCO[C@@H]1CC[C@H]1O. The summed E-state index contributed by atoms with van der Waals surface area (Å²) >= 11 is 0. The maximum atomic E-state index is 8.98. The standard InChI is InChI=1S/C7H12O2/c1-2-5-9-7-4-3-6(7)8/h2,6-8H,1,3-5H2/t6-,7-/m1/s1. The van der Waals surface area contributed by atoms with Crippen LogP contribution < -0.4 is 0 Å². The summed E-state index contributed by atoms with van der Waals surface area (Å²) in [6.45, 7) is 4.07. The van der Waals surface area contributed by atoms with Gasteiger partial charge in [-0.3, -0.25) is 0 Å². The van der Waals surface area contributed by atoms with E-state index < -0.39 is 0 Å². The molecule has 0 heterocycles. The Hall–Kier alpha value is -0.340. The molecule has 9 heavy (non-hydrogen) atoms. The van der Waals surface area contributed by atoms with Crippen LogP contribution in [0.4, 0.5) is 0 Å². The fraction of sp³-hybridized carbons (Fsp3) is 0.714. The third kappa shape index (κ3) is 1.53. The summed E-state index contributed by atoms with van der Waals surface area (Å²) in [7, 11) is 0. The van der Waals surface area contributed by atoms with E-state index in [0.29, 0.717) is 6.61 Å². The van der Waals surface area contributed by atoms with E-state index in [2.05, 4.69) is 6.58 Å². The van der Waals surface area contributed by atoms with Crippen molar-refractivity contribution in [3.8, 4) is 0 Å². The van der Waals surface area contributed by atoms with Crippen LogP contribution >= 0.6 is 0 Å². The molecule has 1 saturated carbocycles. The van der Waals surface area contributed by atoms with Gasteiger partial charge in [0.05, 0.1) is 18.8 Å². The van der Waals surface area contributed by atoms with Gasteiger partial charge in [0.25, 0.3) is 0 Å². The average Bonchev–Trinajstić information content (AvgIpc) is 1.86. The number of aliphatic hydroxyl groups excluding tert-OH is 1. The van der Waals surface area contributed by atoms with Crippen LogP contribution in [0.2, 0.25) is 0 Å². The summed E-state index contributed by atoms with van der Waals surface area (Å²) in [5.41, 5.74) is 0. The highest BCUT2D eigenvalue weighted by molar-refractivity contribution is 4.81. The third-order valence-corrected chi connectivity index (χ3v) is 1.60. The van der Waals surface area contributed by atoms with Gasteiger partial charge in [0, 0.05) is 0 Å². The molecule has 0 bridgehead atoms. The van der Waals surface area contributed by atoms with E-state index in [1.54, 1.807) is 6.08 Å². The number of rotatable bonds is 3. The van der Waals surface area contributed by atoms with Gasteiger partial charge in [-0.25, -0.2) is 0 Å². The Labute approximate surface area is 55.1 Å². The highest BCUT2D eigenvalue weighted by atomic mass is 16.5. The second-order valence-corrected chi connectivity index (χ2v) is 2.31. The van der Waals surface area contributed by atoms with Gasteiger partial charge in [0.1, 0.15) is 0 Å². The molecular formula is C7H12O2. The topological polar surface area (TPSA) is 29.5 Å². The minimum atomic E-state index is -0.218. The van der Waals surface area contributed by atoms with Gasteiger partial charge < -0.3 is 9.84 Å². The molecule has 0 spiro atoms. The third-order valence-electron chi connectivity index (χ3n) is 1.60. The van der Waals surface area contributed by atoms with Gasteiger partial charge in [0.15, 0.2) is 0 Å². The zero-order chi connectivity index (χ0) is 6.69. The Morgan fingerprint density at radius 1 is 1.67 bits per heavy atom. The van der Waals surface area contributed by atoms with Crippen LogP contribution in [0.3, 0.4) is 0 Å². The molecule has 0 aromatic carbocycles. The first-order chi connectivity index (χ1) is 4.34. The van der Waals surface area contributed by atoms with Crippen molar-refractivity contribution in [2.24, 2.45) is 0 Å². The summed E-state index contributed by atoms with van der Waals surface area (Å²) in [4.78, 5) is 0. The lowest BCUT2D eigenvalue weighted by Crippen LogP contribution is -2.38. The van der Waals surface area contributed by atoms with E-state index in [1.165, 1.54) is 0 Å². The van der Waals surface area contributed by atoms with E-state index in [0.717, 1.165) is 12.8 Å². The summed E-state index contributed by atoms with van der Waals surface area (Å²) in [5, 5.41) is 8.98. The highest BCUT2D eigenvalue weighted by Gasteiger charge is 2.28. The molecule has 0 aromatic heterocycles. The van der Waals surface area contributed by atoms with Crippen molar-refractivity contribution in [2.75, 3.05) is 6.61 Å². The minimum Gasteiger partial charge on any atom is -0.390 e. The fourth-order valence-corrected chi connectivity index (χ4v) is 0.838. The molecule has 0 amide bonds. The van der Waals surface area contributed by atoms with Gasteiger partial charge in [-0.05, 0) is 12.8 Å². The van der Waals surface area contributed by atoms with Crippen molar-refractivity contribution in [1.82, 2.24) is 0 Å². The van der Waals surface area contributed by atoms with Crippen LogP contribution in [-0.4, -0.2) is 23.9 Å². The first-order valence-corrected chi connectivity index (χ1v) is 3.25. The molecule has 2 atom stereocenters. The molecule has 2 heteroatoms. The lowest BCUT2D eigenvalue weighted by Gasteiger charge is -2.31. The number of hydrogen-bond donors (Lipinski definition) is 1. The van der Waals surface area contributed by atoms with E-state index in [9.17, 15) is 0 Å². The Morgan fingerprint density at radius 2 is 2.44 bits per heavy atom. The van der Waals surface area contributed by atoms with Gasteiger partial charge in [-0.15, -0.1) is 6.58 Å². The van der Waals surface area contributed by atoms with Crippen LogP contribution in [0.15, 0.2) is 12.7 Å². The molecule has 1 N–H and O–H groups in total. The molecular weight excluding hydrogens is 116 g/mol. The zero-order valence-corrected chi connectivity index (χ0v) is 5.42. The molecule has 0 radical (unpaired) electrons. The van der Waals surface area contributed by atoms with E-state index in [-0.39, 0.29) is 12.2 Å². The lowest BCUT2D eigenvalue weighted by molar-refractivity contribution is -0.0876. The van der Waals surface area contributed by atoms with Crippen LogP contribution in [-0.2, 0) is 4.74 Å². The molecule has 1 rings (SSSR count). The quantitative estimate of drug-likeness (QED) is 0.567. The number of hydrogen-bond acceptors (Lipinski definition) is 2. The molecule has 0 aliphatic heterocycles. The smallest absolute Gasteiger partial charge is 0.0839 e. The number of aliphatic hydroxyl groups is 1. The lowest BCUT2D eigenvalue weighted by atomic mass is 9.92. The molecule has 52 valence electrons. The van der Waals surface area contributed by atoms with Crippen molar-refractivity contribution in [2.45, 2.75) is 25.0 Å². The van der Waals surface area contributed by atoms with Gasteiger partial charge >= 0.3 is 0 Å². The van der Waals surface area contributed by atoms with E-state index in [4.69, 9.17) is 9.84 Å². The van der Waals surface area contributed by atoms with Crippen LogP contribution in [0, 0.1) is 0 Å². The Balaban J connectivity index is 2.06. The second-order valence-electron chi connectivity index (χ2n) is 2.31. The minimum absolute atomic E-state index is 0.0861. The van der Waals surface area contributed by atoms with Crippen LogP contribution in [0.25, 0.3) is 0 Å². The Kier molecular flexibility index (Phi) is 2.25. The molecule has 2 nitrogen and oxygen atoms in total. The largest absolute Gasteiger partial charge is 0.390 e. The summed E-state index contributed by atoms with van der Waals surface area (Å²) in [6, 6.07) is 0. The van der Waals surface area contributed by atoms with E-state index in [1.807, 2.05) is 0 Å². The molecule has 1 aliphatic rings. The summed E-state index contributed by atoms with van der Waals surface area (Å²) in [5.74, 6) is 0. The fourth-order valence-electron chi connectivity index (χ4n) is 0.838. The first kappa shape index (κ1) is 6.78. The molecule has 1 aliphatic carbocycles. The second kappa shape index (κ2) is 2.99. The van der Waals surface area contributed by atoms with Gasteiger partial charge in [-0.2, -0.15) is 0 Å². The zero-order valence-electron chi connectivity index (χ0n) is 5.42. The Morgan fingerprint density at radius 3 is 2.78 bits per heavy atom. The first-order valence-electron chi connectivity index (χ1n) is 3.25. The van der Waals surface area contributed by atoms with Crippen molar-refractivity contribution in [1.29, 1.82) is 0 Å². The molecule has 1 fully saturated rings. The number of ether oxygens (including phenoxy) is 1. The van der Waals surface area contributed by atoms with Crippen molar-refractivity contribution < 1.29 is 9.84 Å². The van der Waals surface area contributed by atoms with Gasteiger partial charge in [-0.1, -0.05) is 6.08 Å². The maximum Gasteiger partial charge on any atom is 0.0839 e. The van der Waals surface area contributed by atoms with Crippen LogP contribution in [0.1, 0.15) is 12.8 Å². The molecule has 0 saturated heterocycles. The average molecular weight is 128 g/mol. The van der Waals surface area contributed by atoms with Crippen molar-refractivity contribution in [3.05, 3.63) is 12.7 Å².